The molecular formula is C18H24N6O. The molecule has 0 spiro atoms. The highest BCUT2D eigenvalue weighted by Gasteiger charge is 2.28. The van der Waals surface area contributed by atoms with Crippen LogP contribution in [0.2, 0.25) is 0 Å². The first-order chi connectivity index (χ1) is 12.3. The molecule has 1 amide bonds. The second kappa shape index (κ2) is 7.31. The molecular weight excluding hydrogens is 316 g/mol. The van der Waals surface area contributed by atoms with Gasteiger partial charge in [0.2, 0.25) is 5.91 Å². The number of aromatic nitrogens is 4. The number of hydrogen-bond acceptors (Lipinski definition) is 5. The number of tetrazole rings is 1. The molecule has 0 bridgehead atoms. The smallest absolute Gasteiger partial charge is 0.224 e. The number of amides is 1. The SMILES string of the molecule is O=C(NCC1CC1)[C@@H]1CCCN(Cc2nnnn2-c2ccccc2)C1. The van der Waals surface area contributed by atoms with Gasteiger partial charge < -0.3 is 5.32 Å². The third kappa shape index (κ3) is 4.04. The predicted octanol–water partition coefficient (Wildman–Crippen LogP) is 1.40. The molecule has 7 nitrogen and oxygen atoms in total. The third-order valence-corrected chi connectivity index (χ3v) is 5.04. The lowest BCUT2D eigenvalue weighted by Gasteiger charge is -2.31. The van der Waals surface area contributed by atoms with Crippen molar-refractivity contribution >= 4 is 5.91 Å². The van der Waals surface area contributed by atoms with Gasteiger partial charge in [-0.1, -0.05) is 18.2 Å². The Morgan fingerprint density at radius 1 is 1.20 bits per heavy atom. The number of para-hydroxylation sites is 1. The number of carbonyl (C=O) groups excluding carboxylic acids is 1. The Bertz CT molecular complexity index is 711. The van der Waals surface area contributed by atoms with E-state index in [4.69, 9.17) is 0 Å². The first-order valence-corrected chi connectivity index (χ1v) is 9.12. The summed E-state index contributed by atoms with van der Waals surface area (Å²) in [6.45, 7) is 3.27. The summed E-state index contributed by atoms with van der Waals surface area (Å²) in [5.41, 5.74) is 0.957. The van der Waals surface area contributed by atoms with Crippen molar-refractivity contribution in [3.8, 4) is 5.69 Å². The minimum atomic E-state index is 0.0774. The zero-order valence-corrected chi connectivity index (χ0v) is 14.3. The second-order valence-electron chi connectivity index (χ2n) is 7.11. The molecule has 1 saturated carbocycles. The standard InChI is InChI=1S/C18H24N6O/c25-18(19-11-14-8-9-14)15-5-4-10-23(12-15)13-17-20-21-22-24(17)16-6-2-1-3-7-16/h1-3,6-7,14-15H,4-5,8-13H2,(H,19,25)/t15-/m1/s1. The summed E-state index contributed by atoms with van der Waals surface area (Å²) in [6, 6.07) is 9.90. The number of likely N-dealkylation sites (tertiary alicyclic amines) is 1. The van der Waals surface area contributed by atoms with Gasteiger partial charge in [-0.25, -0.2) is 0 Å². The van der Waals surface area contributed by atoms with Crippen LogP contribution >= 0.6 is 0 Å². The zero-order valence-electron chi connectivity index (χ0n) is 14.3. The molecule has 7 heteroatoms. The Hall–Kier alpha value is -2.28. The lowest BCUT2D eigenvalue weighted by atomic mass is 9.97. The van der Waals surface area contributed by atoms with Crippen LogP contribution in [0.15, 0.2) is 30.3 Å². The van der Waals surface area contributed by atoms with Crippen LogP contribution in [-0.4, -0.2) is 50.6 Å². The molecule has 2 aliphatic rings. The monoisotopic (exact) mass is 340 g/mol. The van der Waals surface area contributed by atoms with Crippen molar-refractivity contribution in [1.29, 1.82) is 0 Å². The van der Waals surface area contributed by atoms with Gasteiger partial charge in [-0.3, -0.25) is 9.69 Å². The van der Waals surface area contributed by atoms with E-state index in [-0.39, 0.29) is 11.8 Å². The van der Waals surface area contributed by atoms with Crippen LogP contribution in [0, 0.1) is 11.8 Å². The van der Waals surface area contributed by atoms with E-state index in [2.05, 4.69) is 25.7 Å². The first kappa shape index (κ1) is 16.2. The highest BCUT2D eigenvalue weighted by molar-refractivity contribution is 5.79. The van der Waals surface area contributed by atoms with Gasteiger partial charge in [0.25, 0.3) is 0 Å². The van der Waals surface area contributed by atoms with E-state index in [0.29, 0.717) is 6.54 Å². The molecule has 1 atom stereocenters. The molecule has 1 saturated heterocycles. The van der Waals surface area contributed by atoms with Crippen molar-refractivity contribution in [3.05, 3.63) is 36.2 Å². The van der Waals surface area contributed by atoms with Crippen LogP contribution in [0.1, 0.15) is 31.5 Å². The van der Waals surface area contributed by atoms with E-state index in [1.54, 1.807) is 4.68 Å². The second-order valence-corrected chi connectivity index (χ2v) is 7.11. The lowest BCUT2D eigenvalue weighted by molar-refractivity contribution is -0.126. The minimum Gasteiger partial charge on any atom is -0.356 e. The fraction of sp³-hybridized carbons (Fsp3) is 0.556. The Labute approximate surface area is 147 Å². The molecule has 25 heavy (non-hydrogen) atoms. The first-order valence-electron chi connectivity index (χ1n) is 9.12. The molecule has 1 aliphatic carbocycles. The minimum absolute atomic E-state index is 0.0774. The quantitative estimate of drug-likeness (QED) is 0.860. The molecule has 1 N–H and O–H groups in total. The molecule has 2 aromatic rings. The van der Waals surface area contributed by atoms with E-state index in [1.165, 1.54) is 12.8 Å². The molecule has 2 heterocycles. The van der Waals surface area contributed by atoms with Gasteiger partial charge in [-0.15, -0.1) is 5.10 Å². The Balaban J connectivity index is 1.38. The summed E-state index contributed by atoms with van der Waals surface area (Å²) >= 11 is 0. The molecule has 1 aromatic carbocycles. The van der Waals surface area contributed by atoms with Crippen molar-refractivity contribution in [2.45, 2.75) is 32.2 Å². The van der Waals surface area contributed by atoms with Crippen LogP contribution in [0.5, 0.6) is 0 Å². The summed E-state index contributed by atoms with van der Waals surface area (Å²) in [7, 11) is 0. The third-order valence-electron chi connectivity index (χ3n) is 5.04. The summed E-state index contributed by atoms with van der Waals surface area (Å²) in [5, 5.41) is 15.2. The van der Waals surface area contributed by atoms with Crippen molar-refractivity contribution in [2.75, 3.05) is 19.6 Å². The van der Waals surface area contributed by atoms with Gasteiger partial charge in [0.1, 0.15) is 0 Å². The number of carbonyl (C=O) groups is 1. The Morgan fingerprint density at radius 3 is 2.84 bits per heavy atom. The van der Waals surface area contributed by atoms with Crippen LogP contribution in [-0.2, 0) is 11.3 Å². The largest absolute Gasteiger partial charge is 0.356 e. The van der Waals surface area contributed by atoms with Crippen molar-refractivity contribution < 1.29 is 4.79 Å². The maximum absolute atomic E-state index is 12.4. The van der Waals surface area contributed by atoms with Gasteiger partial charge in [-0.05, 0) is 60.7 Å². The number of nitrogens with one attached hydrogen (secondary N) is 1. The van der Waals surface area contributed by atoms with Gasteiger partial charge in [0.05, 0.1) is 18.2 Å². The maximum atomic E-state index is 12.4. The predicted molar refractivity (Wildman–Crippen MR) is 92.9 cm³/mol. The summed E-state index contributed by atoms with van der Waals surface area (Å²) in [4.78, 5) is 14.7. The number of benzene rings is 1. The van der Waals surface area contributed by atoms with Crippen molar-refractivity contribution in [2.24, 2.45) is 11.8 Å². The number of piperidine rings is 1. The van der Waals surface area contributed by atoms with E-state index in [9.17, 15) is 4.79 Å². The van der Waals surface area contributed by atoms with Crippen molar-refractivity contribution in [3.63, 3.8) is 0 Å². The number of hydrogen-bond donors (Lipinski definition) is 1. The van der Waals surface area contributed by atoms with E-state index >= 15 is 0 Å². The normalized spacial score (nSPS) is 21.2. The summed E-state index contributed by atoms with van der Waals surface area (Å²) in [5.74, 6) is 1.82. The average molecular weight is 340 g/mol. The summed E-state index contributed by atoms with van der Waals surface area (Å²) in [6.07, 6.45) is 4.53. The lowest BCUT2D eigenvalue weighted by Crippen LogP contribution is -2.43. The van der Waals surface area contributed by atoms with Gasteiger partial charge in [0.15, 0.2) is 5.82 Å². The van der Waals surface area contributed by atoms with E-state index in [0.717, 1.165) is 49.9 Å². The van der Waals surface area contributed by atoms with E-state index < -0.39 is 0 Å². The number of nitrogens with zero attached hydrogens (tertiary/aromatic N) is 5. The van der Waals surface area contributed by atoms with Gasteiger partial charge in [0, 0.05) is 13.1 Å². The molecule has 1 aliphatic heterocycles. The van der Waals surface area contributed by atoms with Crippen LogP contribution in [0.25, 0.3) is 5.69 Å². The maximum Gasteiger partial charge on any atom is 0.224 e. The summed E-state index contributed by atoms with van der Waals surface area (Å²) < 4.78 is 1.77. The van der Waals surface area contributed by atoms with Gasteiger partial charge in [-0.2, -0.15) is 4.68 Å². The number of rotatable bonds is 6. The fourth-order valence-electron chi connectivity index (χ4n) is 3.40. The van der Waals surface area contributed by atoms with Crippen molar-refractivity contribution in [1.82, 2.24) is 30.4 Å². The van der Waals surface area contributed by atoms with Crippen LogP contribution in [0.3, 0.4) is 0 Å². The highest BCUT2D eigenvalue weighted by atomic mass is 16.1. The molecule has 132 valence electrons. The molecule has 4 rings (SSSR count). The fourth-order valence-corrected chi connectivity index (χ4v) is 3.40. The van der Waals surface area contributed by atoms with Crippen LogP contribution < -0.4 is 5.32 Å². The average Bonchev–Trinajstić information content (AvgIpc) is 3.38. The Morgan fingerprint density at radius 2 is 2.04 bits per heavy atom. The molecule has 1 aromatic heterocycles. The molecule has 0 radical (unpaired) electrons. The molecule has 0 unspecified atom stereocenters. The van der Waals surface area contributed by atoms with Gasteiger partial charge >= 0.3 is 0 Å². The Kier molecular flexibility index (Phi) is 4.74. The highest BCUT2D eigenvalue weighted by Crippen LogP contribution is 2.28. The molecule has 2 fully saturated rings. The topological polar surface area (TPSA) is 75.9 Å². The van der Waals surface area contributed by atoms with E-state index in [1.807, 2.05) is 30.3 Å². The van der Waals surface area contributed by atoms with Crippen LogP contribution in [0.4, 0.5) is 0 Å². The zero-order chi connectivity index (χ0) is 17.1.